The molecule has 0 aliphatic carbocycles. The van der Waals surface area contributed by atoms with Crippen molar-refractivity contribution in [1.29, 1.82) is 0 Å². The van der Waals surface area contributed by atoms with E-state index in [9.17, 15) is 8.42 Å². The van der Waals surface area contributed by atoms with Gasteiger partial charge in [-0.05, 0) is 56.4 Å². The molecule has 1 fully saturated rings. The molecule has 0 spiro atoms. The molecule has 3 rings (SSSR count). The smallest absolute Gasteiger partial charge is 0.266 e. The molecule has 0 amide bonds. The zero-order valence-electron chi connectivity index (χ0n) is 13.2. The van der Waals surface area contributed by atoms with Crippen molar-refractivity contribution in [3.8, 4) is 0 Å². The Morgan fingerprint density at radius 3 is 2.23 bits per heavy atom. The lowest BCUT2D eigenvalue weighted by atomic mass is 10.1. The predicted octanol–water partition coefficient (Wildman–Crippen LogP) is 2.15. The van der Waals surface area contributed by atoms with Crippen LogP contribution in [-0.2, 0) is 10.0 Å². The van der Waals surface area contributed by atoms with Crippen LogP contribution in [0.25, 0.3) is 0 Å². The molecule has 0 bridgehead atoms. The summed E-state index contributed by atoms with van der Waals surface area (Å²) in [6, 6.07) is 5.48. The summed E-state index contributed by atoms with van der Waals surface area (Å²) in [5, 5.41) is 0. The van der Waals surface area contributed by atoms with Gasteiger partial charge in [0.2, 0.25) is 5.96 Å². The molecule has 120 valence electrons. The Labute approximate surface area is 132 Å². The number of benzene rings is 1. The Morgan fingerprint density at radius 2 is 1.59 bits per heavy atom. The fraction of sp³-hybridized carbons (Fsp3) is 0.562. The van der Waals surface area contributed by atoms with Crippen LogP contribution in [0.1, 0.15) is 30.4 Å². The number of hydrogen-bond acceptors (Lipinski definition) is 4. The van der Waals surface area contributed by atoms with Crippen molar-refractivity contribution >= 4 is 16.0 Å². The first-order valence-corrected chi connectivity index (χ1v) is 9.33. The van der Waals surface area contributed by atoms with Crippen molar-refractivity contribution < 1.29 is 8.42 Å². The molecular formula is C16H23N3O2S. The van der Waals surface area contributed by atoms with Gasteiger partial charge in [-0.1, -0.05) is 6.07 Å². The van der Waals surface area contributed by atoms with Gasteiger partial charge in [-0.15, -0.1) is 0 Å². The molecule has 0 unspecified atom stereocenters. The van der Waals surface area contributed by atoms with Crippen molar-refractivity contribution in [2.75, 3.05) is 26.2 Å². The lowest BCUT2D eigenvalue weighted by Gasteiger charge is -2.33. The van der Waals surface area contributed by atoms with Gasteiger partial charge in [-0.25, -0.2) is 12.7 Å². The zero-order valence-corrected chi connectivity index (χ0v) is 14.1. The van der Waals surface area contributed by atoms with Crippen LogP contribution in [0.2, 0.25) is 0 Å². The van der Waals surface area contributed by atoms with Crippen molar-refractivity contribution in [3.63, 3.8) is 0 Å². The summed E-state index contributed by atoms with van der Waals surface area (Å²) in [6.07, 6.45) is 3.43. The fourth-order valence-electron chi connectivity index (χ4n) is 3.21. The van der Waals surface area contributed by atoms with E-state index in [0.717, 1.165) is 37.1 Å². The van der Waals surface area contributed by atoms with Crippen LogP contribution in [0.15, 0.2) is 28.1 Å². The van der Waals surface area contributed by atoms with Crippen LogP contribution in [0.4, 0.5) is 0 Å². The average molecular weight is 321 g/mol. The third kappa shape index (κ3) is 2.84. The summed E-state index contributed by atoms with van der Waals surface area (Å²) in [7, 11) is -3.52. The van der Waals surface area contributed by atoms with Crippen molar-refractivity contribution in [2.24, 2.45) is 4.99 Å². The highest BCUT2D eigenvalue weighted by atomic mass is 32.2. The van der Waals surface area contributed by atoms with Crippen LogP contribution in [0, 0.1) is 13.8 Å². The number of guanidine groups is 1. The molecule has 0 saturated carbocycles. The summed E-state index contributed by atoms with van der Waals surface area (Å²) in [4.78, 5) is 6.96. The number of hydrogen-bond donors (Lipinski definition) is 0. The number of aliphatic imine (C=N–C) groups is 1. The summed E-state index contributed by atoms with van der Waals surface area (Å²) in [5.74, 6) is 0.638. The van der Waals surface area contributed by atoms with Gasteiger partial charge in [-0.3, -0.25) is 4.99 Å². The quantitative estimate of drug-likeness (QED) is 0.839. The Hall–Kier alpha value is -1.56. The first kappa shape index (κ1) is 15.3. The lowest BCUT2D eigenvalue weighted by Crippen LogP contribution is -2.46. The van der Waals surface area contributed by atoms with E-state index >= 15 is 0 Å². The largest absolute Gasteiger partial charge is 0.342 e. The first-order valence-electron chi connectivity index (χ1n) is 7.89. The van der Waals surface area contributed by atoms with E-state index in [2.05, 4.69) is 9.89 Å². The second-order valence-corrected chi connectivity index (χ2v) is 7.99. The molecule has 0 N–H and O–H groups in total. The Kier molecular flexibility index (Phi) is 4.12. The Balaban J connectivity index is 1.92. The summed E-state index contributed by atoms with van der Waals surface area (Å²) in [5.41, 5.74) is 1.93. The van der Waals surface area contributed by atoms with Gasteiger partial charge in [0.1, 0.15) is 0 Å². The summed E-state index contributed by atoms with van der Waals surface area (Å²) < 4.78 is 27.5. The number of sulfonamides is 1. The molecule has 2 aliphatic heterocycles. The molecule has 0 aromatic heterocycles. The van der Waals surface area contributed by atoms with Gasteiger partial charge in [0.15, 0.2) is 0 Å². The van der Waals surface area contributed by atoms with Crippen molar-refractivity contribution in [1.82, 2.24) is 9.21 Å². The number of nitrogens with zero attached hydrogens (tertiary/aromatic N) is 3. The molecule has 1 aromatic rings. The van der Waals surface area contributed by atoms with Crippen LogP contribution >= 0.6 is 0 Å². The van der Waals surface area contributed by atoms with E-state index in [1.54, 1.807) is 12.1 Å². The normalized spacial score (nSPS) is 19.5. The van der Waals surface area contributed by atoms with Gasteiger partial charge in [0.25, 0.3) is 10.0 Å². The number of likely N-dealkylation sites (tertiary alicyclic amines) is 1. The zero-order chi connectivity index (χ0) is 15.7. The molecule has 22 heavy (non-hydrogen) atoms. The number of aryl methyl sites for hydroxylation is 2. The third-order valence-electron chi connectivity index (χ3n) is 4.20. The second kappa shape index (κ2) is 5.91. The number of rotatable bonds is 2. The van der Waals surface area contributed by atoms with Crippen molar-refractivity contribution in [3.05, 3.63) is 29.3 Å². The minimum Gasteiger partial charge on any atom is -0.342 e. The lowest BCUT2D eigenvalue weighted by molar-refractivity contribution is 0.321. The van der Waals surface area contributed by atoms with Gasteiger partial charge < -0.3 is 4.90 Å². The van der Waals surface area contributed by atoms with Crippen LogP contribution < -0.4 is 0 Å². The van der Waals surface area contributed by atoms with E-state index in [0.29, 0.717) is 23.9 Å². The molecule has 0 radical (unpaired) electrons. The SMILES string of the molecule is Cc1cc(C)cc(S(=O)(=O)N2CCN=C2N2CCCCC2)c1. The van der Waals surface area contributed by atoms with E-state index in [-0.39, 0.29) is 0 Å². The Bertz CT molecular complexity index is 671. The highest BCUT2D eigenvalue weighted by Crippen LogP contribution is 2.23. The van der Waals surface area contributed by atoms with E-state index in [1.165, 1.54) is 10.7 Å². The van der Waals surface area contributed by atoms with E-state index < -0.39 is 10.0 Å². The standard InChI is InChI=1S/C16H23N3O2S/c1-13-10-14(2)12-15(11-13)22(20,21)19-9-6-17-16(19)18-7-4-3-5-8-18/h10-12H,3-9H2,1-2H3. The monoisotopic (exact) mass is 321 g/mol. The minimum absolute atomic E-state index is 0.372. The highest BCUT2D eigenvalue weighted by molar-refractivity contribution is 7.89. The average Bonchev–Trinajstić information content (AvgIpc) is 2.97. The maximum atomic E-state index is 13.0. The maximum Gasteiger partial charge on any atom is 0.266 e. The maximum absolute atomic E-state index is 13.0. The van der Waals surface area contributed by atoms with Crippen LogP contribution in [0.3, 0.4) is 0 Å². The molecule has 6 heteroatoms. The van der Waals surface area contributed by atoms with E-state index in [1.807, 2.05) is 19.9 Å². The number of piperidine rings is 1. The highest BCUT2D eigenvalue weighted by Gasteiger charge is 2.34. The molecule has 2 heterocycles. The topological polar surface area (TPSA) is 53.0 Å². The van der Waals surface area contributed by atoms with E-state index in [4.69, 9.17) is 0 Å². The molecule has 0 atom stereocenters. The minimum atomic E-state index is -3.52. The summed E-state index contributed by atoms with van der Waals surface area (Å²) >= 11 is 0. The third-order valence-corrected chi connectivity index (χ3v) is 5.96. The van der Waals surface area contributed by atoms with Gasteiger partial charge in [0.05, 0.1) is 18.0 Å². The predicted molar refractivity (Wildman–Crippen MR) is 87.5 cm³/mol. The molecule has 5 nitrogen and oxygen atoms in total. The summed E-state index contributed by atoms with van der Waals surface area (Å²) in [6.45, 7) is 6.65. The van der Waals surface area contributed by atoms with Crippen LogP contribution in [0.5, 0.6) is 0 Å². The van der Waals surface area contributed by atoms with Crippen molar-refractivity contribution in [2.45, 2.75) is 38.0 Å². The van der Waals surface area contributed by atoms with Gasteiger partial charge in [-0.2, -0.15) is 0 Å². The first-order chi connectivity index (χ1) is 10.5. The molecule has 1 aromatic carbocycles. The van der Waals surface area contributed by atoms with Crippen LogP contribution in [-0.4, -0.2) is 49.8 Å². The Morgan fingerprint density at radius 1 is 0.955 bits per heavy atom. The molecule has 1 saturated heterocycles. The second-order valence-electron chi connectivity index (χ2n) is 6.13. The van der Waals surface area contributed by atoms with Gasteiger partial charge in [0, 0.05) is 13.1 Å². The fourth-order valence-corrected chi connectivity index (χ4v) is 4.84. The van der Waals surface area contributed by atoms with Gasteiger partial charge >= 0.3 is 0 Å². The molecule has 2 aliphatic rings. The molecular weight excluding hydrogens is 298 g/mol.